The summed E-state index contributed by atoms with van der Waals surface area (Å²) in [5, 5.41) is 17.8. The highest BCUT2D eigenvalue weighted by Crippen LogP contribution is 2.42. The van der Waals surface area contributed by atoms with Crippen LogP contribution < -0.4 is 9.82 Å². The topological polar surface area (TPSA) is 116 Å². The molecule has 0 bridgehead atoms. The molecule has 0 saturated heterocycles. The molecule has 1 heterocycles. The van der Waals surface area contributed by atoms with Crippen molar-refractivity contribution in [3.63, 3.8) is 0 Å². The molecular formula is C22H31N2O7P. The van der Waals surface area contributed by atoms with Crippen LogP contribution in [-0.2, 0) is 31.9 Å². The van der Waals surface area contributed by atoms with E-state index in [1.165, 1.54) is 7.11 Å². The fourth-order valence-electron chi connectivity index (χ4n) is 3.20. The minimum Gasteiger partial charge on any atom is -0.507 e. The first-order valence-corrected chi connectivity index (χ1v) is 11.7. The Labute approximate surface area is 189 Å². The third-order valence-corrected chi connectivity index (χ3v) is 6.30. The molecule has 32 heavy (non-hydrogen) atoms. The van der Waals surface area contributed by atoms with E-state index in [1.54, 1.807) is 6.92 Å². The summed E-state index contributed by atoms with van der Waals surface area (Å²) in [6.07, 6.45) is 2.77. The number of nitrogens with zero attached hydrogens (tertiary/aromatic N) is 1. The van der Waals surface area contributed by atoms with E-state index < -0.39 is 14.3 Å². The summed E-state index contributed by atoms with van der Waals surface area (Å²) >= 11 is 0. The number of phenols is 1. The smallest absolute Gasteiger partial charge is 0.342 e. The van der Waals surface area contributed by atoms with Gasteiger partial charge in [-0.05, 0) is 46.6 Å². The van der Waals surface area contributed by atoms with Gasteiger partial charge < -0.3 is 23.9 Å². The van der Waals surface area contributed by atoms with Crippen LogP contribution in [0.25, 0.3) is 0 Å². The molecule has 1 aliphatic heterocycles. The summed E-state index contributed by atoms with van der Waals surface area (Å²) in [5.41, 5.74) is 3.88. The van der Waals surface area contributed by atoms with Crippen molar-refractivity contribution in [3.8, 4) is 11.5 Å². The first-order valence-electron chi connectivity index (χ1n) is 10.3. The predicted molar refractivity (Wildman–Crippen MR) is 122 cm³/mol. The number of aromatic hydroxyl groups is 1. The Morgan fingerprint density at radius 3 is 2.69 bits per heavy atom. The predicted octanol–water partition coefficient (Wildman–Crippen LogP) is 3.75. The van der Waals surface area contributed by atoms with Crippen molar-refractivity contribution in [2.45, 2.75) is 47.6 Å². The number of nitrogens with one attached hydrogen (secondary N) is 1. The van der Waals surface area contributed by atoms with E-state index in [0.29, 0.717) is 36.1 Å². The van der Waals surface area contributed by atoms with Crippen molar-refractivity contribution in [3.05, 3.63) is 33.9 Å². The fourth-order valence-corrected chi connectivity index (χ4v) is 4.58. The Morgan fingerprint density at radius 2 is 2.06 bits per heavy atom. The van der Waals surface area contributed by atoms with Crippen molar-refractivity contribution in [1.82, 2.24) is 5.09 Å². The number of cyclic esters (lactones) is 1. The average molecular weight is 466 g/mol. The number of hydrogen-bond donors (Lipinski definition) is 2. The van der Waals surface area contributed by atoms with Crippen LogP contribution in [0.5, 0.6) is 11.5 Å². The van der Waals surface area contributed by atoms with Gasteiger partial charge in [-0.15, -0.1) is 0 Å². The van der Waals surface area contributed by atoms with Crippen LogP contribution >= 0.6 is 8.30 Å². The molecule has 0 aliphatic carbocycles. The number of benzene rings is 1. The SMILES string of the molecule is CCOC(=O)CNP(C/C(C)=C/Cc1c(O)c2c(c(C)c1OC)COC2=O)ON=C(C)C. The summed E-state index contributed by atoms with van der Waals surface area (Å²) < 4.78 is 21.1. The first kappa shape index (κ1) is 25.6. The molecule has 0 aromatic heterocycles. The highest BCUT2D eigenvalue weighted by Gasteiger charge is 2.31. The van der Waals surface area contributed by atoms with Gasteiger partial charge in [0.15, 0.2) is 8.30 Å². The molecule has 1 aliphatic rings. The summed E-state index contributed by atoms with van der Waals surface area (Å²) in [6, 6.07) is 0. The quantitative estimate of drug-likeness (QED) is 0.167. The minimum absolute atomic E-state index is 0.0197. The summed E-state index contributed by atoms with van der Waals surface area (Å²) in [4.78, 5) is 23.7. The lowest BCUT2D eigenvalue weighted by Crippen LogP contribution is -2.22. The molecule has 1 unspecified atom stereocenters. The minimum atomic E-state index is -1.27. The Morgan fingerprint density at radius 1 is 1.34 bits per heavy atom. The molecule has 10 heteroatoms. The van der Waals surface area contributed by atoms with E-state index >= 15 is 0 Å². The zero-order valence-corrected chi connectivity index (χ0v) is 20.3. The maximum Gasteiger partial charge on any atom is 0.342 e. The number of allylic oxidation sites excluding steroid dienone is 2. The van der Waals surface area contributed by atoms with E-state index in [-0.39, 0.29) is 30.4 Å². The van der Waals surface area contributed by atoms with E-state index in [2.05, 4.69) is 10.2 Å². The van der Waals surface area contributed by atoms with E-state index in [4.69, 9.17) is 18.8 Å². The van der Waals surface area contributed by atoms with E-state index in [0.717, 1.165) is 16.8 Å². The highest BCUT2D eigenvalue weighted by molar-refractivity contribution is 7.50. The number of hydrogen-bond acceptors (Lipinski definition) is 9. The number of methoxy groups -OCH3 is 1. The molecule has 0 spiro atoms. The molecule has 9 nitrogen and oxygen atoms in total. The molecule has 0 radical (unpaired) electrons. The van der Waals surface area contributed by atoms with Gasteiger partial charge >= 0.3 is 11.9 Å². The number of ether oxygens (including phenoxy) is 3. The van der Waals surface area contributed by atoms with Gasteiger partial charge in [0.2, 0.25) is 0 Å². The zero-order chi connectivity index (χ0) is 23.8. The Hall–Kier alpha value is -2.64. The van der Waals surface area contributed by atoms with Gasteiger partial charge in [-0.2, -0.15) is 0 Å². The van der Waals surface area contributed by atoms with Crippen molar-refractivity contribution in [1.29, 1.82) is 0 Å². The standard InChI is InChI=1S/C22H31N2O7P/c1-7-29-18(25)10-23-32(31-24-13(2)3)12-14(4)8-9-16-20(26)19-17(11-30-22(19)27)15(5)21(16)28-6/h8,23,26H,7,9-12H2,1-6H3/b14-8+. The number of oxime groups is 1. The third kappa shape index (κ3) is 6.43. The molecular weight excluding hydrogens is 435 g/mol. The molecule has 0 fully saturated rings. The van der Waals surface area contributed by atoms with Gasteiger partial charge in [0.25, 0.3) is 0 Å². The molecule has 1 atom stereocenters. The zero-order valence-electron chi connectivity index (χ0n) is 19.4. The number of phenolic OH excluding ortho intramolecular Hbond substituents is 1. The van der Waals surface area contributed by atoms with Gasteiger partial charge in [-0.1, -0.05) is 16.8 Å². The fraction of sp³-hybridized carbons (Fsp3) is 0.500. The lowest BCUT2D eigenvalue weighted by molar-refractivity contribution is -0.141. The van der Waals surface area contributed by atoms with E-state index in [9.17, 15) is 14.7 Å². The molecule has 2 rings (SSSR count). The Kier molecular flexibility index (Phi) is 9.47. The van der Waals surface area contributed by atoms with Crippen molar-refractivity contribution in [2.24, 2.45) is 5.16 Å². The van der Waals surface area contributed by atoms with Crippen molar-refractivity contribution in [2.75, 3.05) is 26.4 Å². The van der Waals surface area contributed by atoms with Crippen LogP contribution in [0.15, 0.2) is 16.8 Å². The van der Waals surface area contributed by atoms with Crippen LogP contribution in [0.2, 0.25) is 0 Å². The Balaban J connectivity index is 2.19. The molecule has 0 saturated carbocycles. The monoisotopic (exact) mass is 466 g/mol. The van der Waals surface area contributed by atoms with Gasteiger partial charge in [-0.25, -0.2) is 4.79 Å². The van der Waals surface area contributed by atoms with Crippen LogP contribution in [0, 0.1) is 6.92 Å². The van der Waals surface area contributed by atoms with Crippen LogP contribution in [0.1, 0.15) is 54.7 Å². The van der Waals surface area contributed by atoms with Gasteiger partial charge in [-0.3, -0.25) is 9.88 Å². The van der Waals surface area contributed by atoms with Crippen LogP contribution in [0.3, 0.4) is 0 Å². The molecule has 1 aromatic carbocycles. The molecule has 2 N–H and O–H groups in total. The lowest BCUT2D eigenvalue weighted by atomic mass is 9.95. The molecule has 176 valence electrons. The Bertz CT molecular complexity index is 924. The third-order valence-electron chi connectivity index (χ3n) is 4.72. The number of carbonyl (C=O) groups is 2. The van der Waals surface area contributed by atoms with Gasteiger partial charge in [0.05, 0.1) is 19.4 Å². The highest BCUT2D eigenvalue weighted by atomic mass is 31.2. The maximum atomic E-state index is 12.1. The summed E-state index contributed by atoms with van der Waals surface area (Å²) in [5.74, 6) is -0.469. The van der Waals surface area contributed by atoms with Crippen molar-refractivity contribution < 1.29 is 33.5 Å². The largest absolute Gasteiger partial charge is 0.507 e. The lowest BCUT2D eigenvalue weighted by Gasteiger charge is -2.17. The average Bonchev–Trinajstić information content (AvgIpc) is 3.13. The second-order valence-electron chi connectivity index (χ2n) is 7.47. The normalized spacial score (nSPS) is 13.8. The first-order chi connectivity index (χ1) is 15.2. The van der Waals surface area contributed by atoms with Crippen molar-refractivity contribution >= 4 is 25.9 Å². The maximum absolute atomic E-state index is 12.1. The second-order valence-corrected chi connectivity index (χ2v) is 9.02. The molecule has 1 aromatic rings. The van der Waals surface area contributed by atoms with Crippen LogP contribution in [-0.4, -0.2) is 49.2 Å². The van der Waals surface area contributed by atoms with Crippen LogP contribution in [0.4, 0.5) is 0 Å². The summed E-state index contributed by atoms with van der Waals surface area (Å²) in [7, 11) is 0.264. The molecule has 0 amide bonds. The number of carbonyl (C=O) groups excluding carboxylic acids is 2. The van der Waals surface area contributed by atoms with E-state index in [1.807, 2.05) is 33.8 Å². The van der Waals surface area contributed by atoms with Gasteiger partial charge in [0, 0.05) is 17.3 Å². The van der Waals surface area contributed by atoms with Gasteiger partial charge in [0.1, 0.15) is 30.2 Å². The number of fused-ring (bicyclic) bond motifs is 1. The number of esters is 2. The summed E-state index contributed by atoms with van der Waals surface area (Å²) in [6.45, 7) is 9.61. The number of rotatable bonds is 11. The second kappa shape index (κ2) is 11.8.